The summed E-state index contributed by atoms with van der Waals surface area (Å²) in [5, 5.41) is 0. The maximum absolute atomic E-state index is 14.9. The molecular formula is C27H26F4O3. The van der Waals surface area contributed by atoms with Crippen molar-refractivity contribution >= 4 is 0 Å². The van der Waals surface area contributed by atoms with Crippen LogP contribution >= 0.6 is 0 Å². The summed E-state index contributed by atoms with van der Waals surface area (Å²) in [6.45, 7) is -0.0249. The number of ether oxygens (including phenoxy) is 3. The third-order valence-electron chi connectivity index (χ3n) is 6.45. The lowest BCUT2D eigenvalue weighted by molar-refractivity contribution is 0.0655. The zero-order valence-corrected chi connectivity index (χ0v) is 19.0. The molecule has 0 unspecified atom stereocenters. The van der Waals surface area contributed by atoms with Crippen molar-refractivity contribution in [2.24, 2.45) is 0 Å². The average Bonchev–Trinajstić information content (AvgIpc) is 2.87. The molecule has 0 bridgehead atoms. The highest BCUT2D eigenvalue weighted by Crippen LogP contribution is 2.37. The van der Waals surface area contributed by atoms with Gasteiger partial charge in [-0.25, -0.2) is 8.78 Å². The van der Waals surface area contributed by atoms with E-state index in [0.717, 1.165) is 25.7 Å². The first-order valence-corrected chi connectivity index (χ1v) is 11.2. The lowest BCUT2D eigenvalue weighted by atomic mass is 9.82. The fraction of sp³-hybridized carbons (Fsp3) is 0.333. The molecule has 0 amide bonds. The second-order valence-corrected chi connectivity index (χ2v) is 8.42. The molecule has 0 N–H and O–H groups in total. The standard InChI is InChI=1S/C27H26F4O3/c1-32-19-9-7-18(8-10-19)21-12-11-20(24(28)25(21)29)17-5-3-16(4-6-17)15-34-23-14-13-22(33-2)26(30)27(23)31/h3-6,11-14,18-19H,7-10,15H2,1-2H3. The smallest absolute Gasteiger partial charge is 0.204 e. The van der Waals surface area contributed by atoms with Crippen LogP contribution in [0.5, 0.6) is 11.5 Å². The second-order valence-electron chi connectivity index (χ2n) is 8.42. The molecule has 3 aromatic rings. The van der Waals surface area contributed by atoms with Crippen molar-refractivity contribution < 1.29 is 31.8 Å². The molecule has 4 rings (SSSR count). The Balaban J connectivity index is 1.46. The van der Waals surface area contributed by atoms with Gasteiger partial charge in [0.25, 0.3) is 0 Å². The Kier molecular flexibility index (Phi) is 7.41. The van der Waals surface area contributed by atoms with Crippen LogP contribution in [0, 0.1) is 23.3 Å². The third kappa shape index (κ3) is 4.89. The van der Waals surface area contributed by atoms with Crippen LogP contribution in [0.1, 0.15) is 42.7 Å². The molecule has 1 saturated carbocycles. The first-order valence-electron chi connectivity index (χ1n) is 11.2. The maximum atomic E-state index is 14.9. The van der Waals surface area contributed by atoms with Gasteiger partial charge in [-0.05, 0) is 60.4 Å². The summed E-state index contributed by atoms with van der Waals surface area (Å²) in [4.78, 5) is 0. The number of hydrogen-bond acceptors (Lipinski definition) is 3. The molecule has 1 aliphatic carbocycles. The Bertz CT molecular complexity index is 1140. The highest BCUT2D eigenvalue weighted by molar-refractivity contribution is 5.65. The molecule has 7 heteroatoms. The molecule has 0 spiro atoms. The summed E-state index contributed by atoms with van der Waals surface area (Å²) in [6, 6.07) is 12.5. The van der Waals surface area contributed by atoms with Crippen molar-refractivity contribution in [3.63, 3.8) is 0 Å². The van der Waals surface area contributed by atoms with Gasteiger partial charge in [-0.15, -0.1) is 0 Å². The van der Waals surface area contributed by atoms with E-state index in [4.69, 9.17) is 14.2 Å². The van der Waals surface area contributed by atoms with E-state index in [1.165, 1.54) is 19.2 Å². The van der Waals surface area contributed by atoms with Crippen molar-refractivity contribution in [1.29, 1.82) is 0 Å². The van der Waals surface area contributed by atoms with Crippen molar-refractivity contribution in [3.8, 4) is 22.6 Å². The van der Waals surface area contributed by atoms with Gasteiger partial charge in [0, 0.05) is 12.7 Å². The predicted octanol–water partition coefficient (Wildman–Crippen LogP) is 7.17. The zero-order valence-electron chi connectivity index (χ0n) is 19.0. The van der Waals surface area contributed by atoms with Crippen molar-refractivity contribution in [1.82, 2.24) is 0 Å². The van der Waals surface area contributed by atoms with Crippen molar-refractivity contribution in [2.75, 3.05) is 14.2 Å². The average molecular weight is 474 g/mol. The van der Waals surface area contributed by atoms with Crippen molar-refractivity contribution in [3.05, 3.63) is 82.9 Å². The van der Waals surface area contributed by atoms with E-state index in [2.05, 4.69) is 0 Å². The normalized spacial score (nSPS) is 18.1. The molecule has 3 aromatic carbocycles. The van der Waals surface area contributed by atoms with E-state index < -0.39 is 23.3 Å². The highest BCUT2D eigenvalue weighted by atomic mass is 19.2. The number of halogens is 4. The van der Waals surface area contributed by atoms with E-state index in [1.54, 1.807) is 43.5 Å². The Morgan fingerprint density at radius 3 is 2.00 bits per heavy atom. The maximum Gasteiger partial charge on any atom is 0.204 e. The van der Waals surface area contributed by atoms with Gasteiger partial charge in [-0.3, -0.25) is 0 Å². The van der Waals surface area contributed by atoms with Gasteiger partial charge >= 0.3 is 0 Å². The zero-order chi connectivity index (χ0) is 24.2. The Morgan fingerprint density at radius 2 is 1.35 bits per heavy atom. The fourth-order valence-corrected chi connectivity index (χ4v) is 4.44. The monoisotopic (exact) mass is 474 g/mol. The lowest BCUT2D eigenvalue weighted by Crippen LogP contribution is -2.20. The van der Waals surface area contributed by atoms with Crippen LogP contribution in [0.2, 0.25) is 0 Å². The summed E-state index contributed by atoms with van der Waals surface area (Å²) in [5.74, 6) is -4.40. The molecule has 1 aliphatic rings. The lowest BCUT2D eigenvalue weighted by Gasteiger charge is -2.28. The number of methoxy groups -OCH3 is 2. The Hall–Kier alpha value is -3.06. The molecule has 0 atom stereocenters. The number of benzene rings is 3. The van der Waals surface area contributed by atoms with Gasteiger partial charge in [0.15, 0.2) is 23.1 Å². The molecular weight excluding hydrogens is 448 g/mol. The minimum absolute atomic E-state index is 0.0161. The fourth-order valence-electron chi connectivity index (χ4n) is 4.44. The molecule has 0 saturated heterocycles. The minimum Gasteiger partial charge on any atom is -0.494 e. The minimum atomic E-state index is -1.13. The molecule has 180 valence electrons. The summed E-state index contributed by atoms with van der Waals surface area (Å²) >= 11 is 0. The first kappa shape index (κ1) is 24.1. The molecule has 0 heterocycles. The summed E-state index contributed by atoms with van der Waals surface area (Å²) in [6.07, 6.45) is 3.39. The summed E-state index contributed by atoms with van der Waals surface area (Å²) < 4.78 is 73.2. The van der Waals surface area contributed by atoms with Crippen LogP contribution in [-0.2, 0) is 11.3 Å². The van der Waals surface area contributed by atoms with Gasteiger partial charge in [-0.2, -0.15) is 8.78 Å². The Labute approximate surface area is 196 Å². The second kappa shape index (κ2) is 10.5. The van der Waals surface area contributed by atoms with E-state index in [-0.39, 0.29) is 35.7 Å². The molecule has 34 heavy (non-hydrogen) atoms. The van der Waals surface area contributed by atoms with Gasteiger partial charge in [0.05, 0.1) is 13.2 Å². The van der Waals surface area contributed by atoms with E-state index in [0.29, 0.717) is 16.7 Å². The van der Waals surface area contributed by atoms with Crippen LogP contribution in [0.4, 0.5) is 17.6 Å². The van der Waals surface area contributed by atoms with Crippen LogP contribution in [0.25, 0.3) is 11.1 Å². The molecule has 0 aliphatic heterocycles. The molecule has 3 nitrogen and oxygen atoms in total. The van der Waals surface area contributed by atoms with Gasteiger partial charge in [0.2, 0.25) is 11.6 Å². The SMILES string of the molecule is COc1ccc(OCc2ccc(-c3ccc(C4CCC(OC)CC4)c(F)c3F)cc2)c(F)c1F. The molecule has 1 fully saturated rings. The Morgan fingerprint density at radius 1 is 0.706 bits per heavy atom. The predicted molar refractivity (Wildman–Crippen MR) is 121 cm³/mol. The number of hydrogen-bond donors (Lipinski definition) is 0. The van der Waals surface area contributed by atoms with Crippen LogP contribution in [0.3, 0.4) is 0 Å². The van der Waals surface area contributed by atoms with Crippen LogP contribution in [0.15, 0.2) is 48.5 Å². The molecule has 0 aromatic heterocycles. The van der Waals surface area contributed by atoms with Gasteiger partial charge in [-0.1, -0.05) is 36.4 Å². The van der Waals surface area contributed by atoms with Crippen LogP contribution in [-0.4, -0.2) is 20.3 Å². The highest BCUT2D eigenvalue weighted by Gasteiger charge is 2.26. The van der Waals surface area contributed by atoms with Crippen molar-refractivity contribution in [2.45, 2.75) is 44.3 Å². The molecule has 0 radical (unpaired) electrons. The quantitative estimate of drug-likeness (QED) is 0.340. The van der Waals surface area contributed by atoms with Gasteiger partial charge in [0.1, 0.15) is 6.61 Å². The van der Waals surface area contributed by atoms with Gasteiger partial charge < -0.3 is 14.2 Å². The van der Waals surface area contributed by atoms with E-state index in [1.807, 2.05) is 0 Å². The summed E-state index contributed by atoms with van der Waals surface area (Å²) in [7, 11) is 2.92. The van der Waals surface area contributed by atoms with E-state index >= 15 is 0 Å². The number of rotatable bonds is 7. The third-order valence-corrected chi connectivity index (χ3v) is 6.45. The first-order chi connectivity index (χ1) is 16.4. The largest absolute Gasteiger partial charge is 0.494 e. The summed E-state index contributed by atoms with van der Waals surface area (Å²) in [5.41, 5.74) is 1.75. The topological polar surface area (TPSA) is 27.7 Å². The van der Waals surface area contributed by atoms with Crippen LogP contribution < -0.4 is 9.47 Å². The van der Waals surface area contributed by atoms with E-state index in [9.17, 15) is 17.6 Å².